The van der Waals surface area contributed by atoms with Crippen LogP contribution in [0.5, 0.6) is 0 Å². The number of halogens is 3. The molecule has 1 aliphatic rings. The number of morpholine rings is 1. The fourth-order valence-corrected chi connectivity index (χ4v) is 2.59. The number of nitrogens with zero attached hydrogens (tertiary/aromatic N) is 1. The van der Waals surface area contributed by atoms with Gasteiger partial charge in [0.05, 0.1) is 6.61 Å². The molecule has 2 heterocycles. The molecule has 1 amide bonds. The largest absolute Gasteiger partial charge is 0.455 e. The molecule has 0 aliphatic carbocycles. The molecular formula is C15H21F3N2O3. The van der Waals surface area contributed by atoms with Gasteiger partial charge in [-0.25, -0.2) is 0 Å². The summed E-state index contributed by atoms with van der Waals surface area (Å²) in [4.78, 5) is 13.0. The summed E-state index contributed by atoms with van der Waals surface area (Å²) in [5.41, 5.74) is 5.52. The highest BCUT2D eigenvalue weighted by molar-refractivity contribution is 5.90. The molecule has 1 saturated heterocycles. The van der Waals surface area contributed by atoms with Crippen molar-refractivity contribution < 1.29 is 27.1 Å². The van der Waals surface area contributed by atoms with E-state index in [0.29, 0.717) is 17.9 Å². The fraction of sp³-hybridized carbons (Fsp3) is 0.667. The minimum atomic E-state index is -4.39. The Morgan fingerprint density at radius 3 is 2.57 bits per heavy atom. The molecule has 1 aliphatic heterocycles. The number of carbonyl (C=O) groups is 1. The molecular weight excluding hydrogens is 313 g/mol. The van der Waals surface area contributed by atoms with Gasteiger partial charge in [0.15, 0.2) is 11.9 Å². The van der Waals surface area contributed by atoms with E-state index < -0.39 is 23.6 Å². The first kappa shape index (κ1) is 17.8. The molecule has 0 saturated carbocycles. The molecule has 1 fully saturated rings. The Morgan fingerprint density at radius 2 is 2.04 bits per heavy atom. The number of rotatable bonds is 3. The number of hydrogen-bond donors (Lipinski definition) is 1. The second-order valence-corrected chi connectivity index (χ2v) is 6.72. The highest BCUT2D eigenvalue weighted by atomic mass is 19.4. The third-order valence-corrected chi connectivity index (χ3v) is 3.64. The average Bonchev–Trinajstić information content (AvgIpc) is 2.82. The van der Waals surface area contributed by atoms with E-state index in [1.807, 2.05) is 20.8 Å². The molecule has 5 nitrogen and oxygen atoms in total. The highest BCUT2D eigenvalue weighted by Crippen LogP contribution is 2.31. The predicted molar refractivity (Wildman–Crippen MR) is 77.0 cm³/mol. The van der Waals surface area contributed by atoms with E-state index in [9.17, 15) is 18.0 Å². The lowest BCUT2D eigenvalue weighted by atomic mass is 9.90. The minimum Gasteiger partial charge on any atom is -0.455 e. The maximum absolute atomic E-state index is 12.8. The van der Waals surface area contributed by atoms with Gasteiger partial charge in [-0.05, 0) is 6.07 Å². The van der Waals surface area contributed by atoms with Gasteiger partial charge in [-0.1, -0.05) is 20.8 Å². The Hall–Kier alpha value is -1.54. The van der Waals surface area contributed by atoms with Crippen LogP contribution >= 0.6 is 0 Å². The SMILES string of the molecule is CC(C)(C)c1oc(C(N)=O)cc1CN1CCOC(C(F)(F)F)C1. The quantitative estimate of drug-likeness (QED) is 0.922. The summed E-state index contributed by atoms with van der Waals surface area (Å²) in [6, 6.07) is 1.51. The molecule has 0 bridgehead atoms. The van der Waals surface area contributed by atoms with Gasteiger partial charge in [-0.15, -0.1) is 0 Å². The molecule has 23 heavy (non-hydrogen) atoms. The van der Waals surface area contributed by atoms with Gasteiger partial charge in [0.1, 0.15) is 5.76 Å². The first-order valence-electron chi connectivity index (χ1n) is 7.32. The van der Waals surface area contributed by atoms with Crippen LogP contribution in [0.3, 0.4) is 0 Å². The molecule has 1 aromatic heterocycles. The zero-order valence-electron chi connectivity index (χ0n) is 13.4. The number of amides is 1. The summed E-state index contributed by atoms with van der Waals surface area (Å²) in [5.74, 6) is -0.121. The Kier molecular flexibility index (Phi) is 4.77. The fourth-order valence-electron chi connectivity index (χ4n) is 2.59. The lowest BCUT2D eigenvalue weighted by Crippen LogP contribution is -2.48. The van der Waals surface area contributed by atoms with Crippen LogP contribution in [0.15, 0.2) is 10.5 Å². The van der Waals surface area contributed by atoms with Gasteiger partial charge in [-0.2, -0.15) is 13.2 Å². The second kappa shape index (κ2) is 6.16. The van der Waals surface area contributed by atoms with Crippen LogP contribution in [0, 0.1) is 0 Å². The first-order chi connectivity index (χ1) is 10.5. The van der Waals surface area contributed by atoms with Crippen LogP contribution in [-0.4, -0.2) is 42.8 Å². The first-order valence-corrected chi connectivity index (χ1v) is 7.32. The number of furan rings is 1. The third kappa shape index (κ3) is 4.26. The number of alkyl halides is 3. The van der Waals surface area contributed by atoms with E-state index in [1.165, 1.54) is 6.07 Å². The van der Waals surface area contributed by atoms with Gasteiger partial charge in [0.25, 0.3) is 5.91 Å². The van der Waals surface area contributed by atoms with Crippen LogP contribution in [0.25, 0.3) is 0 Å². The number of carbonyl (C=O) groups excluding carboxylic acids is 1. The molecule has 1 unspecified atom stereocenters. The molecule has 8 heteroatoms. The second-order valence-electron chi connectivity index (χ2n) is 6.72. The summed E-state index contributed by atoms with van der Waals surface area (Å²) in [5, 5.41) is 0. The van der Waals surface area contributed by atoms with Gasteiger partial charge in [0.2, 0.25) is 0 Å². The normalized spacial score (nSPS) is 20.7. The van der Waals surface area contributed by atoms with E-state index in [1.54, 1.807) is 4.90 Å². The van der Waals surface area contributed by atoms with Crippen molar-refractivity contribution in [3.05, 3.63) is 23.2 Å². The molecule has 1 aromatic rings. The number of primary amides is 1. The van der Waals surface area contributed by atoms with Crippen molar-refractivity contribution in [3.8, 4) is 0 Å². The summed E-state index contributed by atoms with van der Waals surface area (Å²) < 4.78 is 48.7. The van der Waals surface area contributed by atoms with Gasteiger partial charge < -0.3 is 14.9 Å². The zero-order valence-corrected chi connectivity index (χ0v) is 13.4. The maximum atomic E-state index is 12.8. The van der Waals surface area contributed by atoms with E-state index in [4.69, 9.17) is 14.9 Å². The Labute approximate surface area is 132 Å². The van der Waals surface area contributed by atoms with Crippen LogP contribution in [0.4, 0.5) is 13.2 Å². The Balaban J connectivity index is 2.20. The Morgan fingerprint density at radius 1 is 1.39 bits per heavy atom. The lowest BCUT2D eigenvalue weighted by molar-refractivity contribution is -0.237. The molecule has 0 spiro atoms. The summed E-state index contributed by atoms with van der Waals surface area (Å²) in [7, 11) is 0. The maximum Gasteiger partial charge on any atom is 0.415 e. The summed E-state index contributed by atoms with van der Waals surface area (Å²) in [6.45, 7) is 6.10. The van der Waals surface area contributed by atoms with Crippen LogP contribution in [0.1, 0.15) is 42.6 Å². The smallest absolute Gasteiger partial charge is 0.415 e. The van der Waals surface area contributed by atoms with E-state index >= 15 is 0 Å². The molecule has 1 atom stereocenters. The van der Waals surface area contributed by atoms with E-state index in [-0.39, 0.29) is 25.5 Å². The number of hydrogen-bond acceptors (Lipinski definition) is 4. The number of nitrogens with two attached hydrogens (primary N) is 1. The van der Waals surface area contributed by atoms with Crippen molar-refractivity contribution in [2.75, 3.05) is 19.7 Å². The molecule has 2 rings (SSSR count). The van der Waals surface area contributed by atoms with Crippen molar-refractivity contribution in [1.29, 1.82) is 0 Å². The molecule has 2 N–H and O–H groups in total. The van der Waals surface area contributed by atoms with E-state index in [2.05, 4.69) is 0 Å². The highest BCUT2D eigenvalue weighted by Gasteiger charge is 2.43. The topological polar surface area (TPSA) is 68.7 Å². The predicted octanol–water partition coefficient (Wildman–Crippen LogP) is 2.44. The zero-order chi connectivity index (χ0) is 17.4. The Bertz CT molecular complexity index is 576. The standard InChI is InChI=1S/C15H21F3N2O3/c1-14(2,3)12-9(6-10(23-12)13(19)21)7-20-4-5-22-11(8-20)15(16,17)18/h6,11H,4-5,7-8H2,1-3H3,(H2,19,21). The van der Waals surface area contributed by atoms with Crippen molar-refractivity contribution in [3.63, 3.8) is 0 Å². The van der Waals surface area contributed by atoms with Crippen molar-refractivity contribution in [1.82, 2.24) is 4.90 Å². The summed E-state index contributed by atoms with van der Waals surface area (Å²) in [6.07, 6.45) is -6.18. The van der Waals surface area contributed by atoms with Crippen molar-refractivity contribution >= 4 is 5.91 Å². The van der Waals surface area contributed by atoms with E-state index in [0.717, 1.165) is 0 Å². The monoisotopic (exact) mass is 334 g/mol. The molecule has 130 valence electrons. The van der Waals surface area contributed by atoms with Gasteiger partial charge >= 0.3 is 6.18 Å². The van der Waals surface area contributed by atoms with Gasteiger partial charge in [0, 0.05) is 30.6 Å². The summed E-state index contributed by atoms with van der Waals surface area (Å²) >= 11 is 0. The van der Waals surface area contributed by atoms with Crippen LogP contribution < -0.4 is 5.73 Å². The van der Waals surface area contributed by atoms with Crippen LogP contribution in [0.2, 0.25) is 0 Å². The molecule has 0 aromatic carbocycles. The third-order valence-electron chi connectivity index (χ3n) is 3.64. The van der Waals surface area contributed by atoms with Crippen molar-refractivity contribution in [2.24, 2.45) is 5.73 Å². The minimum absolute atomic E-state index is 0.00948. The number of ether oxygens (including phenoxy) is 1. The molecule has 0 radical (unpaired) electrons. The van der Waals surface area contributed by atoms with Gasteiger partial charge in [-0.3, -0.25) is 9.69 Å². The lowest BCUT2D eigenvalue weighted by Gasteiger charge is -2.34. The van der Waals surface area contributed by atoms with Crippen molar-refractivity contribution in [2.45, 2.75) is 45.0 Å². The average molecular weight is 334 g/mol. The van der Waals surface area contributed by atoms with Crippen LogP contribution in [-0.2, 0) is 16.7 Å².